The zero-order valence-electron chi connectivity index (χ0n) is 13.1. The first-order valence-corrected chi connectivity index (χ1v) is 7.47. The van der Waals surface area contributed by atoms with Gasteiger partial charge in [-0.2, -0.15) is 0 Å². The van der Waals surface area contributed by atoms with Crippen molar-refractivity contribution in [3.05, 3.63) is 35.6 Å². The molecule has 118 valence electrons. The number of nitrogens with two attached hydrogens (primary N) is 1. The molecule has 1 amide bonds. The molecule has 0 saturated carbocycles. The molecule has 1 aromatic rings. The maximum atomic E-state index is 13.1. The van der Waals surface area contributed by atoms with Gasteiger partial charge in [-0.3, -0.25) is 9.69 Å². The fourth-order valence-electron chi connectivity index (χ4n) is 2.36. The molecule has 0 heterocycles. The largest absolute Gasteiger partial charge is 0.355 e. The fourth-order valence-corrected chi connectivity index (χ4v) is 2.36. The van der Waals surface area contributed by atoms with Crippen molar-refractivity contribution in [3.63, 3.8) is 0 Å². The van der Waals surface area contributed by atoms with E-state index >= 15 is 0 Å². The molecule has 0 spiro atoms. The number of benzene rings is 1. The summed E-state index contributed by atoms with van der Waals surface area (Å²) >= 11 is 0. The molecule has 2 atom stereocenters. The molecule has 5 heteroatoms. The lowest BCUT2D eigenvalue weighted by molar-refractivity contribution is -0.122. The first-order chi connectivity index (χ1) is 9.99. The molecule has 2 unspecified atom stereocenters. The number of likely N-dealkylation sites (N-methyl/N-ethyl adjacent to an activating group) is 1. The summed E-state index contributed by atoms with van der Waals surface area (Å²) in [5.41, 5.74) is 7.12. The Hall–Kier alpha value is -1.46. The Morgan fingerprint density at radius 1 is 1.33 bits per heavy atom. The lowest BCUT2D eigenvalue weighted by Gasteiger charge is -2.32. The molecule has 0 aliphatic heterocycles. The molecule has 0 radical (unpaired) electrons. The molecule has 21 heavy (non-hydrogen) atoms. The summed E-state index contributed by atoms with van der Waals surface area (Å²) in [5.74, 6) is -0.291. The highest BCUT2D eigenvalue weighted by Crippen LogP contribution is 2.24. The number of nitrogens with zero attached hydrogens (tertiary/aromatic N) is 1. The van der Waals surface area contributed by atoms with Gasteiger partial charge in [-0.1, -0.05) is 26.0 Å². The Labute approximate surface area is 126 Å². The SMILES string of the molecule is CCCNC(=O)CN(C)C(c1ccc(F)cc1)C(N)CC. The highest BCUT2D eigenvalue weighted by molar-refractivity contribution is 5.78. The highest BCUT2D eigenvalue weighted by atomic mass is 19.1. The number of carbonyl (C=O) groups is 1. The van der Waals surface area contributed by atoms with Crippen molar-refractivity contribution >= 4 is 5.91 Å². The normalized spacial score (nSPS) is 14.0. The van der Waals surface area contributed by atoms with E-state index in [1.807, 2.05) is 25.8 Å². The number of amides is 1. The van der Waals surface area contributed by atoms with Crippen LogP contribution in [-0.2, 0) is 4.79 Å². The average molecular weight is 295 g/mol. The molecule has 0 aliphatic carbocycles. The van der Waals surface area contributed by atoms with Gasteiger partial charge in [0.15, 0.2) is 0 Å². The molecular formula is C16H26FN3O. The number of hydrogen-bond donors (Lipinski definition) is 2. The molecule has 0 bridgehead atoms. The number of hydrogen-bond acceptors (Lipinski definition) is 3. The maximum Gasteiger partial charge on any atom is 0.234 e. The van der Waals surface area contributed by atoms with Crippen molar-refractivity contribution in [2.45, 2.75) is 38.8 Å². The number of nitrogens with one attached hydrogen (secondary N) is 1. The van der Waals surface area contributed by atoms with E-state index in [-0.39, 0.29) is 30.4 Å². The van der Waals surface area contributed by atoms with Crippen molar-refractivity contribution in [2.24, 2.45) is 5.73 Å². The summed E-state index contributed by atoms with van der Waals surface area (Å²) in [4.78, 5) is 13.8. The minimum absolute atomic E-state index is 0.0187. The molecule has 3 N–H and O–H groups in total. The molecule has 1 rings (SSSR count). The lowest BCUT2D eigenvalue weighted by atomic mass is 9.96. The molecular weight excluding hydrogens is 269 g/mol. The van der Waals surface area contributed by atoms with Gasteiger partial charge in [-0.25, -0.2) is 4.39 Å². The zero-order valence-corrected chi connectivity index (χ0v) is 13.1. The van der Waals surface area contributed by atoms with Crippen molar-refractivity contribution in [1.29, 1.82) is 0 Å². The van der Waals surface area contributed by atoms with Crippen LogP contribution in [0, 0.1) is 5.82 Å². The Bertz CT molecular complexity index is 436. The molecule has 4 nitrogen and oxygen atoms in total. The average Bonchev–Trinajstić information content (AvgIpc) is 2.47. The molecule has 0 fully saturated rings. The monoisotopic (exact) mass is 295 g/mol. The van der Waals surface area contributed by atoms with Crippen LogP contribution in [0.4, 0.5) is 4.39 Å². The van der Waals surface area contributed by atoms with E-state index in [9.17, 15) is 9.18 Å². The predicted octanol–water partition coefficient (Wildman–Crippen LogP) is 2.06. The van der Waals surface area contributed by atoms with E-state index < -0.39 is 0 Å². The quantitative estimate of drug-likeness (QED) is 0.772. The van der Waals surface area contributed by atoms with Gasteiger partial charge >= 0.3 is 0 Å². The number of rotatable bonds is 8. The maximum absolute atomic E-state index is 13.1. The van der Waals surface area contributed by atoms with Crippen LogP contribution in [0.15, 0.2) is 24.3 Å². The lowest BCUT2D eigenvalue weighted by Crippen LogP contribution is -2.43. The summed E-state index contributed by atoms with van der Waals surface area (Å²) < 4.78 is 13.1. The minimum Gasteiger partial charge on any atom is -0.355 e. The third-order valence-corrected chi connectivity index (χ3v) is 3.53. The van der Waals surface area contributed by atoms with Gasteiger partial charge in [0.05, 0.1) is 12.6 Å². The number of halogens is 1. The van der Waals surface area contributed by atoms with Gasteiger partial charge in [0, 0.05) is 12.6 Å². The van der Waals surface area contributed by atoms with Crippen LogP contribution in [0.1, 0.15) is 38.3 Å². The van der Waals surface area contributed by atoms with Crippen molar-refractivity contribution < 1.29 is 9.18 Å². The van der Waals surface area contributed by atoms with Crippen LogP contribution in [0.3, 0.4) is 0 Å². The van der Waals surface area contributed by atoms with E-state index in [1.165, 1.54) is 12.1 Å². The van der Waals surface area contributed by atoms with Crippen LogP contribution >= 0.6 is 0 Å². The van der Waals surface area contributed by atoms with Gasteiger partial charge in [-0.05, 0) is 37.6 Å². The van der Waals surface area contributed by atoms with Crippen LogP contribution in [0.2, 0.25) is 0 Å². The van der Waals surface area contributed by atoms with Crippen molar-refractivity contribution in [1.82, 2.24) is 10.2 Å². The third-order valence-electron chi connectivity index (χ3n) is 3.53. The van der Waals surface area contributed by atoms with Gasteiger partial charge in [-0.15, -0.1) is 0 Å². The number of carbonyl (C=O) groups excluding carboxylic acids is 1. The van der Waals surface area contributed by atoms with E-state index in [1.54, 1.807) is 12.1 Å². The molecule has 0 aliphatic rings. The topological polar surface area (TPSA) is 58.4 Å². The van der Waals surface area contributed by atoms with Crippen LogP contribution < -0.4 is 11.1 Å². The van der Waals surface area contributed by atoms with Gasteiger partial charge in [0.1, 0.15) is 5.82 Å². The minimum atomic E-state index is -0.272. The molecule has 1 aromatic carbocycles. The van der Waals surface area contributed by atoms with E-state index in [0.717, 1.165) is 18.4 Å². The first-order valence-electron chi connectivity index (χ1n) is 7.47. The summed E-state index contributed by atoms with van der Waals surface area (Å²) in [5, 5.41) is 2.85. The smallest absolute Gasteiger partial charge is 0.234 e. The van der Waals surface area contributed by atoms with Gasteiger partial charge < -0.3 is 11.1 Å². The molecule has 0 aromatic heterocycles. The van der Waals surface area contributed by atoms with E-state index in [0.29, 0.717) is 6.54 Å². The van der Waals surface area contributed by atoms with Crippen molar-refractivity contribution in [3.8, 4) is 0 Å². The predicted molar refractivity (Wildman–Crippen MR) is 83.3 cm³/mol. The second-order valence-electron chi connectivity index (χ2n) is 5.33. The Morgan fingerprint density at radius 3 is 2.48 bits per heavy atom. The van der Waals surface area contributed by atoms with Crippen LogP contribution in [-0.4, -0.2) is 37.0 Å². The van der Waals surface area contributed by atoms with Crippen molar-refractivity contribution in [2.75, 3.05) is 20.1 Å². The highest BCUT2D eigenvalue weighted by Gasteiger charge is 2.24. The summed E-state index contributed by atoms with van der Waals surface area (Å²) in [6.07, 6.45) is 1.69. The standard InChI is InChI=1S/C16H26FN3O/c1-4-10-19-15(21)11-20(3)16(14(18)5-2)12-6-8-13(17)9-7-12/h6-9,14,16H,4-5,10-11,18H2,1-3H3,(H,19,21). The van der Waals surface area contributed by atoms with Crippen LogP contribution in [0.25, 0.3) is 0 Å². The zero-order chi connectivity index (χ0) is 15.8. The summed E-state index contributed by atoms with van der Waals surface area (Å²) in [6.45, 7) is 4.97. The Kier molecular flexibility index (Phi) is 7.32. The van der Waals surface area contributed by atoms with E-state index in [4.69, 9.17) is 5.73 Å². The summed E-state index contributed by atoms with van der Waals surface area (Å²) in [6, 6.07) is 6.10. The molecule has 0 saturated heterocycles. The second kappa shape index (κ2) is 8.74. The van der Waals surface area contributed by atoms with Crippen LogP contribution in [0.5, 0.6) is 0 Å². The van der Waals surface area contributed by atoms with Gasteiger partial charge in [0.2, 0.25) is 5.91 Å². The summed E-state index contributed by atoms with van der Waals surface area (Å²) in [7, 11) is 1.87. The Morgan fingerprint density at radius 2 is 1.95 bits per heavy atom. The Balaban J connectivity index is 2.82. The van der Waals surface area contributed by atoms with Gasteiger partial charge in [0.25, 0.3) is 0 Å². The second-order valence-corrected chi connectivity index (χ2v) is 5.33. The first kappa shape index (κ1) is 17.6. The third kappa shape index (κ3) is 5.44. The fraction of sp³-hybridized carbons (Fsp3) is 0.562. The van der Waals surface area contributed by atoms with E-state index in [2.05, 4.69) is 5.32 Å².